The van der Waals surface area contributed by atoms with Crippen LogP contribution in [-0.4, -0.2) is 45.1 Å². The van der Waals surface area contributed by atoms with Gasteiger partial charge in [-0.15, -0.1) is 24.8 Å². The topological polar surface area (TPSA) is 67.6 Å². The number of hydrogen-bond acceptors (Lipinski definition) is 4. The summed E-state index contributed by atoms with van der Waals surface area (Å²) in [6.45, 7) is 1.52. The highest BCUT2D eigenvalue weighted by Gasteiger charge is 2.14. The molecule has 0 heterocycles. The maximum Gasteiger partial charge on any atom is 0.255 e. The van der Waals surface area contributed by atoms with Crippen molar-refractivity contribution in [3.63, 3.8) is 0 Å². The fourth-order valence-corrected chi connectivity index (χ4v) is 1.77. The first-order valence-electron chi connectivity index (χ1n) is 6.01. The summed E-state index contributed by atoms with van der Waals surface area (Å²) in [5, 5.41) is 3.18. The second kappa shape index (κ2) is 10.8. The maximum atomic E-state index is 12.0. The van der Waals surface area contributed by atoms with E-state index in [0.29, 0.717) is 28.6 Å². The molecule has 0 unspecified atom stereocenters. The summed E-state index contributed by atoms with van der Waals surface area (Å²) >= 11 is 5.92. The van der Waals surface area contributed by atoms with Gasteiger partial charge in [0.25, 0.3) is 5.91 Å². The van der Waals surface area contributed by atoms with E-state index in [1.54, 1.807) is 6.07 Å². The molecule has 0 saturated heterocycles. The number of anilines is 1. The van der Waals surface area contributed by atoms with Gasteiger partial charge in [0, 0.05) is 12.6 Å². The number of halogens is 3. The lowest BCUT2D eigenvalue weighted by molar-refractivity contribution is 0.0949. The Morgan fingerprint density at radius 3 is 2.52 bits per heavy atom. The minimum atomic E-state index is -0.211. The number of methoxy groups -OCH3 is 1. The van der Waals surface area contributed by atoms with Crippen LogP contribution in [0.25, 0.3) is 0 Å². The zero-order chi connectivity index (χ0) is 14.4. The predicted octanol–water partition coefficient (Wildman–Crippen LogP) is 2.46. The maximum absolute atomic E-state index is 12.0. The van der Waals surface area contributed by atoms with E-state index >= 15 is 0 Å². The molecule has 1 rings (SSSR count). The van der Waals surface area contributed by atoms with Crippen molar-refractivity contribution in [2.45, 2.75) is 6.42 Å². The number of rotatable bonds is 6. The minimum absolute atomic E-state index is 0. The van der Waals surface area contributed by atoms with Crippen molar-refractivity contribution in [2.24, 2.45) is 0 Å². The molecule has 5 nitrogen and oxygen atoms in total. The molecule has 0 aliphatic rings. The Kier molecular flexibility index (Phi) is 11.5. The number of amides is 1. The Morgan fingerprint density at radius 2 is 2.00 bits per heavy atom. The van der Waals surface area contributed by atoms with Crippen LogP contribution in [0, 0.1) is 0 Å². The highest BCUT2D eigenvalue weighted by Crippen LogP contribution is 2.28. The lowest BCUT2D eigenvalue weighted by Crippen LogP contribution is -2.27. The summed E-state index contributed by atoms with van der Waals surface area (Å²) in [5.41, 5.74) is 6.46. The van der Waals surface area contributed by atoms with Crippen molar-refractivity contribution >= 4 is 48.0 Å². The molecule has 3 N–H and O–H groups in total. The number of benzene rings is 1. The standard InChI is InChI=1S/C13H20ClN3O2.2ClH/c1-17(2)6-4-5-16-13(18)9-7-10(14)11(15)8-12(9)19-3;;/h7-8H,4-6,15H2,1-3H3,(H,16,18);2*1H. The fourth-order valence-electron chi connectivity index (χ4n) is 1.61. The average molecular weight is 359 g/mol. The Hall–Kier alpha value is -0.880. The van der Waals surface area contributed by atoms with Crippen LogP contribution in [0.15, 0.2) is 12.1 Å². The summed E-state index contributed by atoms with van der Waals surface area (Å²) < 4.78 is 5.14. The van der Waals surface area contributed by atoms with Crippen molar-refractivity contribution in [3.05, 3.63) is 22.7 Å². The van der Waals surface area contributed by atoms with Gasteiger partial charge in [-0.2, -0.15) is 0 Å². The van der Waals surface area contributed by atoms with Gasteiger partial charge < -0.3 is 20.7 Å². The Morgan fingerprint density at radius 1 is 1.38 bits per heavy atom. The van der Waals surface area contributed by atoms with Gasteiger partial charge in [-0.05, 0) is 33.1 Å². The first-order valence-corrected chi connectivity index (χ1v) is 6.39. The van der Waals surface area contributed by atoms with Gasteiger partial charge in [-0.3, -0.25) is 4.79 Å². The molecule has 0 saturated carbocycles. The largest absolute Gasteiger partial charge is 0.496 e. The van der Waals surface area contributed by atoms with Crippen LogP contribution in [0.1, 0.15) is 16.8 Å². The molecule has 0 aliphatic carbocycles. The van der Waals surface area contributed by atoms with E-state index in [-0.39, 0.29) is 30.7 Å². The van der Waals surface area contributed by atoms with Gasteiger partial charge in [0.1, 0.15) is 5.75 Å². The molecule has 0 aromatic heterocycles. The molecule has 8 heteroatoms. The van der Waals surface area contributed by atoms with Crippen LogP contribution >= 0.6 is 36.4 Å². The number of ether oxygens (including phenoxy) is 1. The van der Waals surface area contributed by atoms with Crippen molar-refractivity contribution in [1.29, 1.82) is 0 Å². The molecule has 0 atom stereocenters. The third-order valence-corrected chi connectivity index (χ3v) is 2.96. The third-order valence-electron chi connectivity index (χ3n) is 2.63. The van der Waals surface area contributed by atoms with Crippen LogP contribution in [0.5, 0.6) is 5.75 Å². The smallest absolute Gasteiger partial charge is 0.255 e. The van der Waals surface area contributed by atoms with Crippen molar-refractivity contribution < 1.29 is 9.53 Å². The Bertz CT molecular complexity index is 457. The van der Waals surface area contributed by atoms with Crippen LogP contribution in [0.4, 0.5) is 5.69 Å². The van der Waals surface area contributed by atoms with Gasteiger partial charge in [0.2, 0.25) is 0 Å². The molecule has 0 spiro atoms. The van der Waals surface area contributed by atoms with Crippen molar-refractivity contribution in [3.8, 4) is 5.75 Å². The van der Waals surface area contributed by atoms with E-state index < -0.39 is 0 Å². The molecule has 0 fully saturated rings. The summed E-state index contributed by atoms with van der Waals surface area (Å²) in [6.07, 6.45) is 0.879. The van der Waals surface area contributed by atoms with Crippen molar-refractivity contribution in [1.82, 2.24) is 10.2 Å². The zero-order valence-electron chi connectivity index (χ0n) is 12.3. The minimum Gasteiger partial charge on any atom is -0.496 e. The van der Waals surface area contributed by atoms with E-state index in [9.17, 15) is 4.79 Å². The van der Waals surface area contributed by atoms with Crippen molar-refractivity contribution in [2.75, 3.05) is 40.0 Å². The van der Waals surface area contributed by atoms with E-state index in [1.807, 2.05) is 14.1 Å². The van der Waals surface area contributed by atoms with Crippen LogP contribution < -0.4 is 15.8 Å². The van der Waals surface area contributed by atoms with Gasteiger partial charge >= 0.3 is 0 Å². The SMILES string of the molecule is COc1cc(N)c(Cl)cc1C(=O)NCCCN(C)C.Cl.Cl. The molecule has 21 heavy (non-hydrogen) atoms. The monoisotopic (exact) mass is 357 g/mol. The number of nitrogens with zero attached hydrogens (tertiary/aromatic N) is 1. The normalized spacial score (nSPS) is 9.57. The quantitative estimate of drug-likeness (QED) is 0.605. The van der Waals surface area contributed by atoms with Crippen LogP contribution in [0.3, 0.4) is 0 Å². The zero-order valence-corrected chi connectivity index (χ0v) is 14.7. The van der Waals surface area contributed by atoms with E-state index in [1.165, 1.54) is 13.2 Å². The molecule has 0 aliphatic heterocycles. The number of carbonyl (C=O) groups excluding carboxylic acids is 1. The fraction of sp³-hybridized carbons (Fsp3) is 0.462. The van der Waals surface area contributed by atoms with Gasteiger partial charge in [0.05, 0.1) is 23.4 Å². The molecule has 1 amide bonds. The average Bonchev–Trinajstić information content (AvgIpc) is 2.36. The summed E-state index contributed by atoms with van der Waals surface area (Å²) in [5.74, 6) is 0.213. The first kappa shape index (κ1) is 22.4. The van der Waals surface area contributed by atoms with E-state index in [2.05, 4.69) is 10.2 Å². The lowest BCUT2D eigenvalue weighted by atomic mass is 10.1. The molecular weight excluding hydrogens is 337 g/mol. The van der Waals surface area contributed by atoms with Gasteiger partial charge in [0.15, 0.2) is 0 Å². The number of nitrogen functional groups attached to an aromatic ring is 1. The highest BCUT2D eigenvalue weighted by atomic mass is 35.5. The van der Waals surface area contributed by atoms with Gasteiger partial charge in [-0.1, -0.05) is 11.6 Å². The van der Waals surface area contributed by atoms with E-state index in [4.69, 9.17) is 22.1 Å². The summed E-state index contributed by atoms with van der Waals surface area (Å²) in [7, 11) is 5.47. The molecule has 1 aromatic carbocycles. The number of nitrogens with two attached hydrogens (primary N) is 1. The first-order chi connectivity index (χ1) is 8.95. The number of nitrogens with one attached hydrogen (secondary N) is 1. The highest BCUT2D eigenvalue weighted by molar-refractivity contribution is 6.33. The van der Waals surface area contributed by atoms with Crippen LogP contribution in [-0.2, 0) is 0 Å². The molecule has 0 radical (unpaired) electrons. The molecule has 0 bridgehead atoms. The molecular formula is C13H22Cl3N3O2. The Balaban J connectivity index is 0. The van der Waals surface area contributed by atoms with E-state index in [0.717, 1.165) is 13.0 Å². The second-order valence-corrected chi connectivity index (χ2v) is 4.89. The Labute approximate surface area is 143 Å². The number of hydrogen-bond donors (Lipinski definition) is 2. The summed E-state index contributed by atoms with van der Waals surface area (Å²) in [4.78, 5) is 14.1. The molecule has 1 aromatic rings. The predicted molar refractivity (Wildman–Crippen MR) is 92.4 cm³/mol. The van der Waals surface area contributed by atoms with Crippen LogP contribution in [0.2, 0.25) is 5.02 Å². The molecule has 122 valence electrons. The van der Waals surface area contributed by atoms with Gasteiger partial charge in [-0.25, -0.2) is 0 Å². The second-order valence-electron chi connectivity index (χ2n) is 4.49. The third kappa shape index (κ3) is 7.09. The summed E-state index contributed by atoms with van der Waals surface area (Å²) in [6, 6.07) is 3.08. The number of carbonyl (C=O) groups is 1. The lowest BCUT2D eigenvalue weighted by Gasteiger charge is -2.12.